The number of benzene rings is 1. The fourth-order valence-corrected chi connectivity index (χ4v) is 3.13. The molecule has 1 unspecified atom stereocenters. The molecule has 4 rings (SSSR count). The van der Waals surface area contributed by atoms with Gasteiger partial charge in [0.15, 0.2) is 5.96 Å². The topological polar surface area (TPSA) is 42.9 Å². The maximum absolute atomic E-state index is 4.31. The van der Waals surface area contributed by atoms with Gasteiger partial charge in [0.2, 0.25) is 0 Å². The van der Waals surface area contributed by atoms with E-state index in [1.807, 2.05) is 13.1 Å². The normalized spacial score (nSPS) is 28.4. The van der Waals surface area contributed by atoms with Crippen LogP contribution >= 0.6 is 0 Å². The monoisotopic (exact) mass is 287 g/mol. The van der Waals surface area contributed by atoms with E-state index in [1.165, 1.54) is 38.3 Å². The second-order valence-corrected chi connectivity index (χ2v) is 5.78. The Kier molecular flexibility index (Phi) is 4.72. The van der Waals surface area contributed by atoms with E-state index in [9.17, 15) is 0 Å². The first-order chi connectivity index (χ1) is 10.3. The van der Waals surface area contributed by atoms with Gasteiger partial charge in [-0.1, -0.05) is 30.3 Å². The first kappa shape index (κ1) is 14.4. The summed E-state index contributed by atoms with van der Waals surface area (Å²) in [7, 11) is 1.83. The number of rotatable bonds is 4. The molecule has 21 heavy (non-hydrogen) atoms. The molecule has 0 spiro atoms. The molecule has 1 aromatic rings. The van der Waals surface area contributed by atoms with Gasteiger partial charge in [0.1, 0.15) is 0 Å². The maximum Gasteiger partial charge on any atom is 0.191 e. The number of piperazine rings is 3. The highest BCUT2D eigenvalue weighted by Gasteiger charge is 2.31. The van der Waals surface area contributed by atoms with E-state index in [2.05, 4.69) is 49.7 Å². The van der Waals surface area contributed by atoms with Crippen molar-refractivity contribution < 1.29 is 0 Å². The van der Waals surface area contributed by atoms with E-state index in [-0.39, 0.29) is 0 Å². The van der Waals surface area contributed by atoms with Gasteiger partial charge in [-0.25, -0.2) is 0 Å². The molecule has 3 heterocycles. The van der Waals surface area contributed by atoms with Crippen molar-refractivity contribution >= 4 is 5.96 Å². The van der Waals surface area contributed by atoms with Crippen molar-refractivity contribution in [1.29, 1.82) is 0 Å². The zero-order chi connectivity index (χ0) is 14.5. The van der Waals surface area contributed by atoms with Crippen molar-refractivity contribution in [3.8, 4) is 0 Å². The molecule has 0 aliphatic carbocycles. The molecule has 3 aliphatic heterocycles. The van der Waals surface area contributed by atoms with Gasteiger partial charge < -0.3 is 10.6 Å². The average Bonchev–Trinajstić information content (AvgIpc) is 2.57. The van der Waals surface area contributed by atoms with Crippen LogP contribution in [0.15, 0.2) is 35.3 Å². The number of fused-ring (bicyclic) bond motifs is 3. The Hall–Kier alpha value is -1.59. The molecule has 0 aromatic heterocycles. The second kappa shape index (κ2) is 6.91. The SMILES string of the molecule is CN=C(NCc1ccccc1)NCC1CN2CCN1CC2. The zero-order valence-corrected chi connectivity index (χ0v) is 12.8. The molecule has 5 heteroatoms. The van der Waals surface area contributed by atoms with Crippen LogP contribution in [0, 0.1) is 0 Å². The highest BCUT2D eigenvalue weighted by Crippen LogP contribution is 2.14. The van der Waals surface area contributed by atoms with Gasteiger partial charge in [-0.05, 0) is 5.56 Å². The Labute approximate surface area is 127 Å². The van der Waals surface area contributed by atoms with Gasteiger partial charge >= 0.3 is 0 Å². The lowest BCUT2D eigenvalue weighted by atomic mass is 10.1. The van der Waals surface area contributed by atoms with Crippen LogP contribution in [0.1, 0.15) is 5.56 Å². The van der Waals surface area contributed by atoms with Crippen LogP contribution in [0.3, 0.4) is 0 Å². The van der Waals surface area contributed by atoms with Crippen molar-refractivity contribution in [1.82, 2.24) is 20.4 Å². The first-order valence-electron chi connectivity index (χ1n) is 7.80. The summed E-state index contributed by atoms with van der Waals surface area (Å²) in [5.41, 5.74) is 1.27. The minimum Gasteiger partial charge on any atom is -0.355 e. The standard InChI is InChI=1S/C16H25N5/c1-17-16(18-11-14-5-3-2-4-6-14)19-12-15-13-20-7-9-21(15)10-8-20/h2-6,15H,7-13H2,1H3,(H2,17,18,19). The van der Waals surface area contributed by atoms with Crippen LogP contribution < -0.4 is 10.6 Å². The van der Waals surface area contributed by atoms with E-state index in [0.717, 1.165) is 19.0 Å². The van der Waals surface area contributed by atoms with Crippen LogP contribution in [-0.4, -0.2) is 68.1 Å². The molecule has 3 fully saturated rings. The molecule has 2 N–H and O–H groups in total. The average molecular weight is 287 g/mol. The van der Waals surface area contributed by atoms with Gasteiger partial charge in [-0.3, -0.25) is 14.8 Å². The minimum absolute atomic E-state index is 0.614. The summed E-state index contributed by atoms with van der Waals surface area (Å²) in [6.45, 7) is 7.84. The number of hydrogen-bond donors (Lipinski definition) is 2. The first-order valence-corrected chi connectivity index (χ1v) is 7.80. The summed E-state index contributed by atoms with van der Waals surface area (Å²) in [6.07, 6.45) is 0. The molecule has 5 nitrogen and oxygen atoms in total. The Morgan fingerprint density at radius 3 is 2.52 bits per heavy atom. The number of aliphatic imine (C=N–C) groups is 1. The highest BCUT2D eigenvalue weighted by atomic mass is 15.4. The predicted octanol–water partition coefficient (Wildman–Crippen LogP) is 0.351. The molecule has 0 saturated carbocycles. The minimum atomic E-state index is 0.614. The highest BCUT2D eigenvalue weighted by molar-refractivity contribution is 5.79. The molecule has 1 atom stereocenters. The van der Waals surface area contributed by atoms with Crippen LogP contribution in [0.25, 0.3) is 0 Å². The van der Waals surface area contributed by atoms with Crippen molar-refractivity contribution in [2.75, 3.05) is 46.3 Å². The third-order valence-electron chi connectivity index (χ3n) is 4.42. The summed E-state index contributed by atoms with van der Waals surface area (Å²) in [4.78, 5) is 9.47. The van der Waals surface area contributed by atoms with Crippen LogP contribution in [0.4, 0.5) is 0 Å². The van der Waals surface area contributed by atoms with E-state index < -0.39 is 0 Å². The number of nitrogens with one attached hydrogen (secondary N) is 2. The maximum atomic E-state index is 4.31. The van der Waals surface area contributed by atoms with Crippen molar-refractivity contribution in [2.45, 2.75) is 12.6 Å². The van der Waals surface area contributed by atoms with E-state index in [4.69, 9.17) is 0 Å². The Bertz CT molecular complexity index is 465. The van der Waals surface area contributed by atoms with E-state index in [1.54, 1.807) is 0 Å². The summed E-state index contributed by atoms with van der Waals surface area (Å²) >= 11 is 0. The van der Waals surface area contributed by atoms with Crippen LogP contribution in [0.2, 0.25) is 0 Å². The summed E-state index contributed by atoms with van der Waals surface area (Å²) in [5, 5.41) is 6.84. The largest absolute Gasteiger partial charge is 0.355 e. The fourth-order valence-electron chi connectivity index (χ4n) is 3.13. The molecular formula is C16H25N5. The van der Waals surface area contributed by atoms with Crippen LogP contribution in [-0.2, 0) is 6.54 Å². The summed E-state index contributed by atoms with van der Waals surface area (Å²) in [6, 6.07) is 11.0. The third kappa shape index (κ3) is 3.74. The molecule has 1 aromatic carbocycles. The van der Waals surface area contributed by atoms with E-state index in [0.29, 0.717) is 6.04 Å². The van der Waals surface area contributed by atoms with Crippen molar-refractivity contribution in [2.24, 2.45) is 4.99 Å². The predicted molar refractivity (Wildman–Crippen MR) is 86.4 cm³/mol. The zero-order valence-electron chi connectivity index (χ0n) is 12.8. The molecule has 3 aliphatic rings. The Morgan fingerprint density at radius 2 is 1.90 bits per heavy atom. The Balaban J connectivity index is 1.45. The van der Waals surface area contributed by atoms with Crippen molar-refractivity contribution in [3.05, 3.63) is 35.9 Å². The quantitative estimate of drug-likeness (QED) is 0.619. The lowest BCUT2D eigenvalue weighted by molar-refractivity contribution is 0.0154. The lowest BCUT2D eigenvalue weighted by Gasteiger charge is -2.47. The molecule has 114 valence electrons. The smallest absolute Gasteiger partial charge is 0.191 e. The number of guanidine groups is 1. The number of nitrogens with zero attached hydrogens (tertiary/aromatic N) is 3. The molecule has 2 bridgehead atoms. The van der Waals surface area contributed by atoms with Gasteiger partial charge in [0, 0.05) is 58.9 Å². The second-order valence-electron chi connectivity index (χ2n) is 5.78. The molecule has 0 amide bonds. The van der Waals surface area contributed by atoms with E-state index >= 15 is 0 Å². The molecule has 3 saturated heterocycles. The lowest BCUT2D eigenvalue weighted by Crippen LogP contribution is -2.63. The van der Waals surface area contributed by atoms with Crippen LogP contribution in [0.5, 0.6) is 0 Å². The summed E-state index contributed by atoms with van der Waals surface area (Å²) in [5.74, 6) is 0.886. The van der Waals surface area contributed by atoms with Gasteiger partial charge in [-0.2, -0.15) is 0 Å². The van der Waals surface area contributed by atoms with Gasteiger partial charge in [-0.15, -0.1) is 0 Å². The fraction of sp³-hybridized carbons (Fsp3) is 0.562. The Morgan fingerprint density at radius 1 is 1.14 bits per heavy atom. The van der Waals surface area contributed by atoms with Crippen molar-refractivity contribution in [3.63, 3.8) is 0 Å². The molecule has 0 radical (unpaired) electrons. The summed E-state index contributed by atoms with van der Waals surface area (Å²) < 4.78 is 0. The third-order valence-corrected chi connectivity index (χ3v) is 4.42. The molecular weight excluding hydrogens is 262 g/mol. The number of hydrogen-bond acceptors (Lipinski definition) is 3. The van der Waals surface area contributed by atoms with Gasteiger partial charge in [0.25, 0.3) is 0 Å². The van der Waals surface area contributed by atoms with Gasteiger partial charge in [0.05, 0.1) is 0 Å².